The van der Waals surface area contributed by atoms with Gasteiger partial charge in [-0.1, -0.05) is 0 Å². The number of ether oxygens (including phenoxy) is 1. The summed E-state index contributed by atoms with van der Waals surface area (Å²) in [6, 6.07) is 0. The largest absolute Gasteiger partial charge is 0.481 e. The van der Waals surface area contributed by atoms with Gasteiger partial charge >= 0.3 is 21.3 Å². The van der Waals surface area contributed by atoms with Crippen molar-refractivity contribution in [3.8, 4) is 0 Å². The highest BCUT2D eigenvalue weighted by Gasteiger charge is 2.46. The summed E-state index contributed by atoms with van der Waals surface area (Å²) in [7, 11) is -10.5. The highest BCUT2D eigenvalue weighted by atomic mass is 31.3. The first-order valence-corrected chi connectivity index (χ1v) is 9.36. The van der Waals surface area contributed by atoms with Crippen LogP contribution in [-0.4, -0.2) is 64.6 Å². The number of nitrogens with zero attached hydrogens (tertiary/aromatic N) is 2. The van der Waals surface area contributed by atoms with Crippen LogP contribution >= 0.6 is 15.6 Å². The summed E-state index contributed by atoms with van der Waals surface area (Å²) in [4.78, 5) is 50.5. The minimum atomic E-state index is -5.33. The predicted molar refractivity (Wildman–Crippen MR) is 73.9 cm³/mol. The van der Waals surface area contributed by atoms with Gasteiger partial charge in [-0.3, -0.25) is 14.3 Å². The highest BCUT2D eigenvalue weighted by molar-refractivity contribution is 7.60. The zero-order chi connectivity index (χ0) is 19.0. The van der Waals surface area contributed by atoms with Crippen LogP contribution in [0, 0.1) is 0 Å². The van der Waals surface area contributed by atoms with Crippen LogP contribution in [0.2, 0.25) is 0 Å². The molecule has 1 aromatic rings. The van der Waals surface area contributed by atoms with Gasteiger partial charge in [0, 0.05) is 0 Å². The van der Waals surface area contributed by atoms with Crippen molar-refractivity contribution in [3.05, 3.63) is 27.0 Å². The molecule has 142 valence electrons. The first kappa shape index (κ1) is 20.1. The topological polar surface area (TPSA) is 231 Å². The fourth-order valence-corrected chi connectivity index (χ4v) is 3.54. The van der Waals surface area contributed by atoms with E-state index in [2.05, 4.69) is 13.9 Å². The fourth-order valence-electron chi connectivity index (χ4n) is 1.94. The van der Waals surface area contributed by atoms with E-state index < -0.39 is 58.0 Å². The van der Waals surface area contributed by atoms with E-state index >= 15 is 0 Å². The number of H-pyrrole nitrogens is 1. The Labute approximate surface area is 137 Å². The number of rotatable bonds is 6. The van der Waals surface area contributed by atoms with E-state index in [1.807, 2.05) is 4.98 Å². The van der Waals surface area contributed by atoms with E-state index in [9.17, 15) is 28.9 Å². The Bertz CT molecular complexity index is 830. The van der Waals surface area contributed by atoms with Gasteiger partial charge < -0.3 is 29.6 Å². The summed E-state index contributed by atoms with van der Waals surface area (Å²) in [5.41, 5.74) is -1.87. The molecule has 17 heteroatoms. The number of aliphatic hydroxyl groups excluding tert-OH is 2. The molecule has 1 aliphatic rings. The summed E-state index contributed by atoms with van der Waals surface area (Å²) < 4.78 is 35.3. The van der Waals surface area contributed by atoms with Gasteiger partial charge in [-0.25, -0.2) is 13.9 Å². The van der Waals surface area contributed by atoms with Crippen molar-refractivity contribution >= 4 is 15.6 Å². The first-order valence-electron chi connectivity index (χ1n) is 6.33. The minimum absolute atomic E-state index is 0.514. The normalized spacial score (nSPS) is 29.5. The van der Waals surface area contributed by atoms with E-state index in [0.717, 1.165) is 0 Å². The van der Waals surface area contributed by atoms with Crippen LogP contribution in [0.5, 0.6) is 0 Å². The summed E-state index contributed by atoms with van der Waals surface area (Å²) in [6.07, 6.45) is -5.79. The van der Waals surface area contributed by atoms with Crippen LogP contribution in [0.15, 0.2) is 15.8 Å². The SMILES string of the molecule is O=c1cnn([C@H]2O[C@@H](COP(=O)(O)OP(=O)(O)O)[C@@H](O)[C@H]2O)c(=O)[nH]1. The molecular formula is C8H13N3O12P2. The second-order valence-electron chi connectivity index (χ2n) is 4.77. The van der Waals surface area contributed by atoms with Gasteiger partial charge in [-0.2, -0.15) is 14.1 Å². The molecule has 15 nitrogen and oxygen atoms in total. The lowest BCUT2D eigenvalue weighted by Crippen LogP contribution is -2.39. The number of nitrogens with one attached hydrogen (secondary N) is 1. The zero-order valence-corrected chi connectivity index (χ0v) is 13.8. The maximum atomic E-state index is 11.6. The lowest BCUT2D eigenvalue weighted by Gasteiger charge is -2.17. The van der Waals surface area contributed by atoms with Crippen LogP contribution in [0.4, 0.5) is 0 Å². The molecule has 0 aromatic carbocycles. The third kappa shape index (κ3) is 5.12. The molecule has 25 heavy (non-hydrogen) atoms. The summed E-state index contributed by atoms with van der Waals surface area (Å²) in [5.74, 6) is 0. The first-order chi connectivity index (χ1) is 11.4. The van der Waals surface area contributed by atoms with E-state index in [4.69, 9.17) is 19.4 Å². The molecule has 1 saturated heterocycles. The zero-order valence-electron chi connectivity index (χ0n) is 12.0. The lowest BCUT2D eigenvalue weighted by molar-refractivity contribution is -0.0610. The number of aliphatic hydroxyl groups is 2. The van der Waals surface area contributed by atoms with Crippen molar-refractivity contribution < 1.29 is 47.6 Å². The molecule has 0 bridgehead atoms. The lowest BCUT2D eigenvalue weighted by atomic mass is 10.1. The molecule has 6 N–H and O–H groups in total. The van der Waals surface area contributed by atoms with Gasteiger partial charge in [0.1, 0.15) is 24.5 Å². The minimum Gasteiger partial charge on any atom is -0.387 e. The molecule has 0 radical (unpaired) electrons. The number of aromatic amines is 1. The average Bonchev–Trinajstić information content (AvgIpc) is 2.71. The summed E-state index contributed by atoms with van der Waals surface area (Å²) in [6.45, 7) is -0.930. The van der Waals surface area contributed by atoms with E-state index in [1.165, 1.54) is 0 Å². The Morgan fingerprint density at radius 2 is 1.88 bits per heavy atom. The molecule has 1 unspecified atom stereocenters. The molecule has 1 aliphatic heterocycles. The van der Waals surface area contributed by atoms with Crippen LogP contribution in [0.25, 0.3) is 0 Å². The van der Waals surface area contributed by atoms with Gasteiger partial charge in [0.15, 0.2) is 6.23 Å². The van der Waals surface area contributed by atoms with Crippen molar-refractivity contribution in [2.75, 3.05) is 6.61 Å². The van der Waals surface area contributed by atoms with Crippen LogP contribution < -0.4 is 11.2 Å². The van der Waals surface area contributed by atoms with Crippen molar-refractivity contribution in [1.82, 2.24) is 14.8 Å². The Kier molecular flexibility index (Phi) is 5.75. The Hall–Kier alpha value is -1.25. The number of aromatic nitrogens is 3. The number of phosphoric acid groups is 2. The molecule has 5 atom stereocenters. The average molecular weight is 405 g/mol. The Balaban J connectivity index is 2.09. The standard InChI is InChI=1S/C8H13N3O12P2/c12-4-1-9-11(8(15)10-4)7-6(14)5(13)3(22-7)2-21-25(19,20)23-24(16,17)18/h1,3,5-7,13-14H,2H2,(H,19,20)(H,10,12,15)(H2,16,17,18)/t3-,5+,6+,7-/m0/s1. The predicted octanol–water partition coefficient (Wildman–Crippen LogP) is -3.22. The molecule has 0 saturated carbocycles. The van der Waals surface area contributed by atoms with Crippen molar-refractivity contribution in [2.45, 2.75) is 24.5 Å². The van der Waals surface area contributed by atoms with Gasteiger partial charge in [0.25, 0.3) is 5.56 Å². The third-order valence-corrected chi connectivity index (χ3v) is 5.08. The molecular weight excluding hydrogens is 392 g/mol. The highest BCUT2D eigenvalue weighted by Crippen LogP contribution is 2.57. The van der Waals surface area contributed by atoms with Crippen molar-refractivity contribution in [3.63, 3.8) is 0 Å². The summed E-state index contributed by atoms with van der Waals surface area (Å²) >= 11 is 0. The maximum Gasteiger partial charge on any atom is 0.481 e. The number of hydrogen-bond acceptors (Lipinski definition) is 10. The van der Waals surface area contributed by atoms with E-state index in [1.54, 1.807) is 0 Å². The third-order valence-electron chi connectivity index (χ3n) is 2.93. The van der Waals surface area contributed by atoms with E-state index in [0.29, 0.717) is 10.9 Å². The number of phosphoric ester groups is 1. The van der Waals surface area contributed by atoms with Crippen LogP contribution in [-0.2, 0) is 22.7 Å². The van der Waals surface area contributed by atoms with Gasteiger partial charge in [-0.05, 0) is 0 Å². The molecule has 0 aliphatic carbocycles. The van der Waals surface area contributed by atoms with Gasteiger partial charge in [0.05, 0.1) is 6.61 Å². The molecule has 1 aromatic heterocycles. The molecule has 2 heterocycles. The van der Waals surface area contributed by atoms with Crippen molar-refractivity contribution in [2.24, 2.45) is 0 Å². The monoisotopic (exact) mass is 405 g/mol. The fraction of sp³-hybridized carbons (Fsp3) is 0.625. The summed E-state index contributed by atoms with van der Waals surface area (Å²) in [5, 5.41) is 23.1. The maximum absolute atomic E-state index is 11.6. The number of hydrogen-bond donors (Lipinski definition) is 6. The quantitative estimate of drug-likeness (QED) is 0.256. The Morgan fingerprint density at radius 3 is 2.44 bits per heavy atom. The second-order valence-corrected chi connectivity index (χ2v) is 7.60. The molecule has 0 amide bonds. The van der Waals surface area contributed by atoms with Crippen molar-refractivity contribution in [1.29, 1.82) is 0 Å². The van der Waals surface area contributed by atoms with E-state index in [-0.39, 0.29) is 0 Å². The molecule has 0 spiro atoms. The smallest absolute Gasteiger partial charge is 0.387 e. The second kappa shape index (κ2) is 7.17. The van der Waals surface area contributed by atoms with Gasteiger partial charge in [-0.15, -0.1) is 0 Å². The van der Waals surface area contributed by atoms with Crippen LogP contribution in [0.3, 0.4) is 0 Å². The Morgan fingerprint density at radius 1 is 1.24 bits per heavy atom. The van der Waals surface area contributed by atoms with Crippen LogP contribution in [0.1, 0.15) is 6.23 Å². The molecule has 2 rings (SSSR count). The molecule has 1 fully saturated rings. The van der Waals surface area contributed by atoms with Gasteiger partial charge in [0.2, 0.25) is 0 Å².